The first-order chi connectivity index (χ1) is 10.3. The van der Waals surface area contributed by atoms with Gasteiger partial charge in [-0.05, 0) is 0 Å². The van der Waals surface area contributed by atoms with Crippen LogP contribution in [0.3, 0.4) is 0 Å². The number of rotatable bonds is 9. The summed E-state index contributed by atoms with van der Waals surface area (Å²) < 4.78 is 12.5. The number of nitrogen functional groups attached to an aromatic ring is 1. The average molecular weight is 295 g/mol. The molecule has 0 unspecified atom stereocenters. The van der Waals surface area contributed by atoms with Gasteiger partial charge in [-0.3, -0.25) is 0 Å². The number of anilines is 1. The highest BCUT2D eigenvalue weighted by molar-refractivity contribution is 5.81. The van der Waals surface area contributed by atoms with Crippen molar-refractivity contribution in [2.45, 2.75) is 19.9 Å². The lowest BCUT2D eigenvalue weighted by molar-refractivity contribution is 0.0311. The Morgan fingerprint density at radius 1 is 1.19 bits per heavy atom. The molecule has 116 valence electrons. The number of hydrogen-bond donors (Lipinski definition) is 2. The summed E-state index contributed by atoms with van der Waals surface area (Å²) in [5, 5.41) is 8.56. The Balaban J connectivity index is 1.89. The number of ether oxygens (including phenoxy) is 2. The highest BCUT2D eigenvalue weighted by Gasteiger charge is 2.10. The molecule has 0 aliphatic rings. The lowest BCUT2D eigenvalue weighted by Crippen LogP contribution is -2.11. The van der Waals surface area contributed by atoms with Crippen LogP contribution >= 0.6 is 0 Å². The third-order valence-electron chi connectivity index (χ3n) is 2.94. The molecular formula is C13H21N5O3. The number of hydrogen-bond acceptors (Lipinski definition) is 7. The molecule has 0 fully saturated rings. The molecule has 0 bridgehead atoms. The summed E-state index contributed by atoms with van der Waals surface area (Å²) in [6, 6.07) is 0. The van der Waals surface area contributed by atoms with Crippen molar-refractivity contribution in [3.05, 3.63) is 12.2 Å². The Labute approximate surface area is 122 Å². The predicted molar refractivity (Wildman–Crippen MR) is 77.8 cm³/mol. The molecule has 2 rings (SSSR count). The largest absolute Gasteiger partial charge is 0.394 e. The molecule has 0 aliphatic heterocycles. The number of nitrogens with two attached hydrogens (primary N) is 1. The number of aliphatic hydroxyl groups is 1. The van der Waals surface area contributed by atoms with Crippen molar-refractivity contribution in [1.82, 2.24) is 19.5 Å². The second kappa shape index (κ2) is 7.87. The van der Waals surface area contributed by atoms with Crippen LogP contribution in [0.15, 0.2) is 6.33 Å². The molecule has 0 spiro atoms. The number of imidazole rings is 1. The quantitative estimate of drug-likeness (QED) is 0.627. The first-order valence-corrected chi connectivity index (χ1v) is 6.99. The summed E-state index contributed by atoms with van der Waals surface area (Å²) in [4.78, 5) is 12.9. The molecule has 0 saturated heterocycles. The van der Waals surface area contributed by atoms with Gasteiger partial charge in [-0.15, -0.1) is 0 Å². The van der Waals surface area contributed by atoms with Crippen LogP contribution in [0.1, 0.15) is 12.7 Å². The molecule has 0 amide bonds. The van der Waals surface area contributed by atoms with E-state index in [0.29, 0.717) is 50.1 Å². The van der Waals surface area contributed by atoms with Crippen LogP contribution in [0.2, 0.25) is 0 Å². The highest BCUT2D eigenvalue weighted by atomic mass is 16.5. The van der Waals surface area contributed by atoms with Crippen LogP contribution < -0.4 is 5.73 Å². The van der Waals surface area contributed by atoms with Gasteiger partial charge in [0.05, 0.1) is 39.4 Å². The minimum atomic E-state index is 0.0297. The number of aliphatic hydroxyl groups excluding tert-OH is 1. The maximum Gasteiger partial charge on any atom is 0.165 e. The van der Waals surface area contributed by atoms with E-state index in [1.807, 2.05) is 11.5 Å². The zero-order chi connectivity index (χ0) is 15.1. The van der Waals surface area contributed by atoms with E-state index in [1.165, 1.54) is 0 Å². The van der Waals surface area contributed by atoms with Crippen LogP contribution in [-0.2, 0) is 22.4 Å². The molecule has 21 heavy (non-hydrogen) atoms. The average Bonchev–Trinajstić information content (AvgIpc) is 2.90. The van der Waals surface area contributed by atoms with E-state index in [4.69, 9.17) is 20.3 Å². The van der Waals surface area contributed by atoms with E-state index in [0.717, 1.165) is 12.1 Å². The zero-order valence-corrected chi connectivity index (χ0v) is 12.2. The van der Waals surface area contributed by atoms with E-state index in [-0.39, 0.29) is 6.61 Å². The maximum atomic E-state index is 8.56. The molecular weight excluding hydrogens is 274 g/mol. The molecule has 3 N–H and O–H groups in total. The summed E-state index contributed by atoms with van der Waals surface area (Å²) in [6.07, 6.45) is 2.42. The molecule has 0 atom stereocenters. The van der Waals surface area contributed by atoms with E-state index in [1.54, 1.807) is 6.33 Å². The Hall–Kier alpha value is -1.77. The number of aryl methyl sites for hydroxylation is 1. The molecule has 2 heterocycles. The van der Waals surface area contributed by atoms with Crippen LogP contribution in [0.5, 0.6) is 0 Å². The topological polar surface area (TPSA) is 108 Å². The molecule has 8 heteroatoms. The smallest absolute Gasteiger partial charge is 0.165 e. The third-order valence-corrected chi connectivity index (χ3v) is 2.94. The molecule has 0 aliphatic carbocycles. The summed E-state index contributed by atoms with van der Waals surface area (Å²) >= 11 is 0. The zero-order valence-electron chi connectivity index (χ0n) is 12.2. The van der Waals surface area contributed by atoms with Gasteiger partial charge >= 0.3 is 0 Å². The Kier molecular flexibility index (Phi) is 5.85. The second-order valence-corrected chi connectivity index (χ2v) is 4.44. The number of fused-ring (bicyclic) bond motifs is 1. The maximum absolute atomic E-state index is 8.56. The van der Waals surface area contributed by atoms with Crippen LogP contribution in [0, 0.1) is 0 Å². The van der Waals surface area contributed by atoms with Gasteiger partial charge in [0.15, 0.2) is 11.5 Å². The van der Waals surface area contributed by atoms with Crippen molar-refractivity contribution in [3.63, 3.8) is 0 Å². The first-order valence-electron chi connectivity index (χ1n) is 6.99. The normalized spacial score (nSPS) is 11.3. The monoisotopic (exact) mass is 295 g/mol. The van der Waals surface area contributed by atoms with Crippen LogP contribution in [-0.4, -0.2) is 57.7 Å². The summed E-state index contributed by atoms with van der Waals surface area (Å²) in [7, 11) is 0. The summed E-state index contributed by atoms with van der Waals surface area (Å²) in [5.41, 5.74) is 7.23. The molecule has 0 aromatic carbocycles. The standard InChI is InChI=1S/C13H21N5O3/c1-2-10-16-12(14)11-13(17-10)18(9-15-11)3-5-20-7-8-21-6-4-19/h9,19H,2-8H2,1H3,(H2,14,16,17). The van der Waals surface area contributed by atoms with E-state index in [2.05, 4.69) is 15.0 Å². The second-order valence-electron chi connectivity index (χ2n) is 4.44. The minimum Gasteiger partial charge on any atom is -0.394 e. The molecule has 0 radical (unpaired) electrons. The van der Waals surface area contributed by atoms with Gasteiger partial charge in [0.1, 0.15) is 11.3 Å². The minimum absolute atomic E-state index is 0.0297. The fourth-order valence-electron chi connectivity index (χ4n) is 1.88. The van der Waals surface area contributed by atoms with Gasteiger partial charge in [0, 0.05) is 13.0 Å². The SMILES string of the molecule is CCc1nc(N)c2ncn(CCOCCOCCO)c2n1. The van der Waals surface area contributed by atoms with E-state index < -0.39 is 0 Å². The fraction of sp³-hybridized carbons (Fsp3) is 0.615. The van der Waals surface area contributed by atoms with Crippen LogP contribution in [0.25, 0.3) is 11.2 Å². The van der Waals surface area contributed by atoms with Crippen molar-refractivity contribution in [3.8, 4) is 0 Å². The molecule has 2 aromatic rings. The van der Waals surface area contributed by atoms with Crippen molar-refractivity contribution in [2.75, 3.05) is 38.8 Å². The van der Waals surface area contributed by atoms with Gasteiger partial charge in [0.2, 0.25) is 0 Å². The van der Waals surface area contributed by atoms with Gasteiger partial charge in [0.25, 0.3) is 0 Å². The molecule has 8 nitrogen and oxygen atoms in total. The Bertz CT molecular complexity index is 572. The fourth-order valence-corrected chi connectivity index (χ4v) is 1.88. The number of aromatic nitrogens is 4. The van der Waals surface area contributed by atoms with Crippen LogP contribution in [0.4, 0.5) is 5.82 Å². The Morgan fingerprint density at radius 3 is 2.67 bits per heavy atom. The summed E-state index contributed by atoms with van der Waals surface area (Å²) in [6.45, 7) is 4.48. The van der Waals surface area contributed by atoms with Gasteiger partial charge in [-0.2, -0.15) is 0 Å². The molecule has 2 aromatic heterocycles. The highest BCUT2D eigenvalue weighted by Crippen LogP contribution is 2.16. The van der Waals surface area contributed by atoms with Crippen molar-refractivity contribution in [2.24, 2.45) is 0 Å². The number of nitrogens with zero attached hydrogens (tertiary/aromatic N) is 4. The van der Waals surface area contributed by atoms with Crippen molar-refractivity contribution in [1.29, 1.82) is 0 Å². The summed E-state index contributed by atoms with van der Waals surface area (Å²) in [5.74, 6) is 1.12. The lowest BCUT2D eigenvalue weighted by Gasteiger charge is -2.07. The molecule has 0 saturated carbocycles. The van der Waals surface area contributed by atoms with Crippen molar-refractivity contribution >= 4 is 17.0 Å². The predicted octanol–water partition coefficient (Wildman–Crippen LogP) is -0.00360. The third kappa shape index (κ3) is 4.10. The van der Waals surface area contributed by atoms with Crippen molar-refractivity contribution < 1.29 is 14.6 Å². The van der Waals surface area contributed by atoms with Gasteiger partial charge < -0.3 is 24.9 Å². The first kappa shape index (κ1) is 15.6. The van der Waals surface area contributed by atoms with E-state index >= 15 is 0 Å². The Morgan fingerprint density at radius 2 is 1.95 bits per heavy atom. The van der Waals surface area contributed by atoms with E-state index in [9.17, 15) is 0 Å². The van der Waals surface area contributed by atoms with Gasteiger partial charge in [-0.25, -0.2) is 15.0 Å². The lowest BCUT2D eigenvalue weighted by atomic mass is 10.4. The van der Waals surface area contributed by atoms with Gasteiger partial charge in [-0.1, -0.05) is 6.92 Å².